The third-order valence-corrected chi connectivity index (χ3v) is 5.09. The fourth-order valence-electron chi connectivity index (χ4n) is 3.83. The zero-order valence-electron chi connectivity index (χ0n) is 17.6. The van der Waals surface area contributed by atoms with Crippen LogP contribution in [-0.2, 0) is 9.53 Å². The highest BCUT2D eigenvalue weighted by molar-refractivity contribution is 5.85. The Hall–Kier alpha value is -3.22. The number of hydrogen-bond acceptors (Lipinski definition) is 7. The smallest absolute Gasteiger partial charge is 0.347 e. The maximum absolute atomic E-state index is 12.8. The summed E-state index contributed by atoms with van der Waals surface area (Å²) < 4.78 is 11.2. The zero-order valence-corrected chi connectivity index (χ0v) is 17.6. The summed E-state index contributed by atoms with van der Waals surface area (Å²) in [7, 11) is 0. The van der Waals surface area contributed by atoms with Crippen molar-refractivity contribution in [1.82, 2.24) is 9.97 Å². The van der Waals surface area contributed by atoms with Crippen LogP contribution >= 0.6 is 0 Å². The van der Waals surface area contributed by atoms with Gasteiger partial charge in [-0.2, -0.15) is 0 Å². The number of ether oxygens (including phenoxy) is 1. The van der Waals surface area contributed by atoms with Crippen LogP contribution in [0.15, 0.2) is 45.7 Å². The van der Waals surface area contributed by atoms with Crippen LogP contribution in [0.5, 0.6) is 0 Å². The zero-order chi connectivity index (χ0) is 21.5. The minimum absolute atomic E-state index is 0.191. The maximum Gasteiger partial charge on any atom is 0.347 e. The van der Waals surface area contributed by atoms with Crippen molar-refractivity contribution >= 4 is 22.7 Å². The third-order valence-electron chi connectivity index (χ3n) is 5.09. The van der Waals surface area contributed by atoms with Gasteiger partial charge in [-0.05, 0) is 64.3 Å². The molecule has 0 spiro atoms. The number of carbonyl (C=O) groups is 1. The molecule has 156 valence electrons. The standard InChI is InChI=1S/C23H25N3O4/c1-14-8-5-10-16-18(14)22(28)29-20(25-16)15-9-6-12-24-19(15)26-13-7-11-17(26)21(27)30-23(2,3)4/h5-6,8-10,12,17H,7,11,13H2,1-4H3/t17-/m1/s1. The van der Waals surface area contributed by atoms with E-state index < -0.39 is 17.3 Å². The molecule has 30 heavy (non-hydrogen) atoms. The average Bonchev–Trinajstić information content (AvgIpc) is 3.16. The topological polar surface area (TPSA) is 85.5 Å². The molecule has 1 aliphatic heterocycles. The Labute approximate surface area is 174 Å². The number of nitrogens with zero attached hydrogens (tertiary/aromatic N) is 3. The quantitative estimate of drug-likeness (QED) is 0.609. The molecule has 0 saturated carbocycles. The number of aromatic nitrogens is 2. The Bertz CT molecular complexity index is 1160. The van der Waals surface area contributed by atoms with E-state index in [1.54, 1.807) is 24.4 Å². The van der Waals surface area contributed by atoms with Crippen LogP contribution < -0.4 is 10.5 Å². The van der Waals surface area contributed by atoms with Gasteiger partial charge >= 0.3 is 11.6 Å². The Balaban J connectivity index is 1.78. The molecule has 0 unspecified atom stereocenters. The van der Waals surface area contributed by atoms with E-state index in [4.69, 9.17) is 9.15 Å². The van der Waals surface area contributed by atoms with Gasteiger partial charge in [0.2, 0.25) is 5.89 Å². The van der Waals surface area contributed by atoms with Gasteiger partial charge in [0.1, 0.15) is 17.5 Å². The SMILES string of the molecule is Cc1cccc2nc(-c3cccnc3N3CCC[C@@H]3C(=O)OC(C)(C)C)oc(=O)c12. The minimum Gasteiger partial charge on any atom is -0.458 e. The molecule has 4 rings (SSSR count). The lowest BCUT2D eigenvalue weighted by Crippen LogP contribution is -2.41. The summed E-state index contributed by atoms with van der Waals surface area (Å²) in [6.07, 6.45) is 3.18. The molecule has 0 radical (unpaired) electrons. The number of fused-ring (bicyclic) bond motifs is 1. The van der Waals surface area contributed by atoms with Crippen molar-refractivity contribution in [2.75, 3.05) is 11.4 Å². The van der Waals surface area contributed by atoms with Crippen LogP contribution in [0.4, 0.5) is 5.82 Å². The van der Waals surface area contributed by atoms with E-state index in [2.05, 4.69) is 9.97 Å². The monoisotopic (exact) mass is 407 g/mol. The van der Waals surface area contributed by atoms with Gasteiger partial charge in [-0.15, -0.1) is 0 Å². The summed E-state index contributed by atoms with van der Waals surface area (Å²) in [5.41, 5.74) is 0.960. The Morgan fingerprint density at radius 3 is 2.80 bits per heavy atom. The molecule has 1 saturated heterocycles. The average molecular weight is 407 g/mol. The van der Waals surface area contributed by atoms with Crippen molar-refractivity contribution in [3.8, 4) is 11.5 Å². The fourth-order valence-corrected chi connectivity index (χ4v) is 3.83. The third kappa shape index (κ3) is 3.79. The maximum atomic E-state index is 12.8. The molecule has 7 nitrogen and oxygen atoms in total. The van der Waals surface area contributed by atoms with Crippen LogP contribution in [0, 0.1) is 6.92 Å². The van der Waals surface area contributed by atoms with Gasteiger partial charge in [-0.3, -0.25) is 0 Å². The van der Waals surface area contributed by atoms with Gasteiger partial charge in [0, 0.05) is 12.7 Å². The van der Waals surface area contributed by atoms with Crippen molar-refractivity contribution in [2.24, 2.45) is 0 Å². The number of carbonyl (C=O) groups excluding carboxylic acids is 1. The van der Waals surface area contributed by atoms with Crippen LogP contribution in [0.1, 0.15) is 39.2 Å². The van der Waals surface area contributed by atoms with Crippen LogP contribution in [0.25, 0.3) is 22.4 Å². The molecular formula is C23H25N3O4. The number of rotatable bonds is 3. The van der Waals surface area contributed by atoms with Crippen LogP contribution in [-0.4, -0.2) is 34.1 Å². The molecule has 1 aromatic carbocycles. The Morgan fingerprint density at radius 2 is 2.03 bits per heavy atom. The van der Waals surface area contributed by atoms with E-state index in [1.165, 1.54) is 0 Å². The van der Waals surface area contributed by atoms with Crippen molar-refractivity contribution in [3.05, 3.63) is 52.5 Å². The summed E-state index contributed by atoms with van der Waals surface area (Å²) in [6.45, 7) is 8.07. The number of aryl methyl sites for hydroxylation is 1. The predicted molar refractivity (Wildman–Crippen MR) is 114 cm³/mol. The highest BCUT2D eigenvalue weighted by Gasteiger charge is 2.36. The molecule has 0 amide bonds. The van der Waals surface area contributed by atoms with E-state index in [9.17, 15) is 9.59 Å². The molecule has 7 heteroatoms. The Kier molecular flexibility index (Phi) is 5.05. The number of anilines is 1. The van der Waals surface area contributed by atoms with Gasteiger partial charge in [-0.25, -0.2) is 19.6 Å². The number of hydrogen-bond donors (Lipinski definition) is 0. The van der Waals surface area contributed by atoms with Crippen molar-refractivity contribution in [3.63, 3.8) is 0 Å². The van der Waals surface area contributed by atoms with Crippen LogP contribution in [0.3, 0.4) is 0 Å². The number of esters is 1. The second kappa shape index (κ2) is 7.55. The van der Waals surface area contributed by atoms with Crippen molar-refractivity contribution in [1.29, 1.82) is 0 Å². The highest BCUT2D eigenvalue weighted by atomic mass is 16.6. The number of benzene rings is 1. The van der Waals surface area contributed by atoms with Crippen LogP contribution in [0.2, 0.25) is 0 Å². The lowest BCUT2D eigenvalue weighted by molar-refractivity contribution is -0.156. The van der Waals surface area contributed by atoms with Gasteiger partial charge in [0.25, 0.3) is 0 Å². The van der Waals surface area contributed by atoms with E-state index in [-0.39, 0.29) is 11.9 Å². The minimum atomic E-state index is -0.567. The molecule has 0 bridgehead atoms. The second-order valence-electron chi connectivity index (χ2n) is 8.53. The van der Waals surface area contributed by atoms with E-state index in [1.807, 2.05) is 44.7 Å². The van der Waals surface area contributed by atoms with Crippen molar-refractivity contribution < 1.29 is 13.9 Å². The lowest BCUT2D eigenvalue weighted by Gasteiger charge is -2.28. The first-order valence-electron chi connectivity index (χ1n) is 10.1. The molecule has 0 aliphatic carbocycles. The van der Waals surface area contributed by atoms with Gasteiger partial charge in [0.15, 0.2) is 0 Å². The first-order valence-corrected chi connectivity index (χ1v) is 10.1. The van der Waals surface area contributed by atoms with Crippen molar-refractivity contribution in [2.45, 2.75) is 52.2 Å². The summed E-state index contributed by atoms with van der Waals surface area (Å²) in [4.78, 5) is 36.4. The molecule has 0 N–H and O–H groups in total. The first kappa shape index (κ1) is 20.1. The normalized spacial score (nSPS) is 16.8. The van der Waals surface area contributed by atoms with E-state index in [0.717, 1.165) is 12.0 Å². The van der Waals surface area contributed by atoms with Gasteiger partial charge < -0.3 is 14.1 Å². The fraction of sp³-hybridized carbons (Fsp3) is 0.391. The predicted octanol–water partition coefficient (Wildman–Crippen LogP) is 3.87. The summed E-state index contributed by atoms with van der Waals surface area (Å²) >= 11 is 0. The molecule has 3 heterocycles. The first-order chi connectivity index (χ1) is 14.2. The van der Waals surface area contributed by atoms with E-state index >= 15 is 0 Å². The van der Waals surface area contributed by atoms with Gasteiger partial charge in [0.05, 0.1) is 16.5 Å². The molecule has 1 aliphatic rings. The van der Waals surface area contributed by atoms with E-state index in [0.29, 0.717) is 35.2 Å². The summed E-state index contributed by atoms with van der Waals surface area (Å²) in [5, 5.41) is 0.472. The Morgan fingerprint density at radius 1 is 1.23 bits per heavy atom. The summed E-state index contributed by atoms with van der Waals surface area (Å²) in [6, 6.07) is 8.63. The largest absolute Gasteiger partial charge is 0.458 e. The number of pyridine rings is 1. The molecule has 1 atom stereocenters. The summed E-state index contributed by atoms with van der Waals surface area (Å²) in [5.74, 6) is 0.477. The van der Waals surface area contributed by atoms with Gasteiger partial charge in [-0.1, -0.05) is 12.1 Å². The molecular weight excluding hydrogens is 382 g/mol. The second-order valence-corrected chi connectivity index (χ2v) is 8.53. The molecule has 3 aromatic rings. The highest BCUT2D eigenvalue weighted by Crippen LogP contribution is 2.33. The molecule has 1 fully saturated rings. The lowest BCUT2D eigenvalue weighted by atomic mass is 10.1. The molecule has 2 aromatic heterocycles.